The van der Waals surface area contributed by atoms with Gasteiger partial charge in [0.05, 0.1) is 5.69 Å². The van der Waals surface area contributed by atoms with E-state index >= 15 is 0 Å². The van der Waals surface area contributed by atoms with Crippen molar-refractivity contribution in [3.05, 3.63) is 64.2 Å². The Kier molecular flexibility index (Phi) is 5.10. The topological polar surface area (TPSA) is 38.4 Å². The van der Waals surface area contributed by atoms with Crippen LogP contribution in [0.25, 0.3) is 0 Å². The molecule has 0 heterocycles. The first-order chi connectivity index (χ1) is 9.56. The predicted octanol–water partition coefficient (Wildman–Crippen LogP) is 4.84. The van der Waals surface area contributed by atoms with Gasteiger partial charge in [-0.2, -0.15) is 0 Å². The Bertz CT molecular complexity index is 638. The number of halogens is 1. The Morgan fingerprint density at radius 2 is 1.95 bits per heavy atom. The van der Waals surface area contributed by atoms with Gasteiger partial charge in [0.2, 0.25) is 0 Å². The zero-order valence-electron chi connectivity index (χ0n) is 11.6. The first-order valence-corrected chi connectivity index (χ1v) is 7.70. The molecule has 4 heteroatoms. The number of thioether (sulfide) groups is 1. The van der Waals surface area contributed by atoms with E-state index in [0.29, 0.717) is 5.17 Å². The van der Waals surface area contributed by atoms with Crippen LogP contribution in [0.5, 0.6) is 0 Å². The Balaban J connectivity index is 2.08. The smallest absolute Gasteiger partial charge is 0.159 e. The van der Waals surface area contributed by atoms with Gasteiger partial charge in [-0.3, -0.25) is 0 Å². The molecule has 2 aromatic rings. The van der Waals surface area contributed by atoms with Crippen LogP contribution in [-0.2, 0) is 5.75 Å². The van der Waals surface area contributed by atoms with Gasteiger partial charge in [-0.1, -0.05) is 53.7 Å². The second kappa shape index (κ2) is 6.82. The fraction of sp³-hybridized carbons (Fsp3) is 0.188. The van der Waals surface area contributed by atoms with Crippen LogP contribution in [0.4, 0.5) is 5.69 Å². The average molecular weight is 305 g/mol. The average Bonchev–Trinajstić information content (AvgIpc) is 2.42. The molecule has 0 radical (unpaired) electrons. The Hall–Kier alpha value is -1.45. The molecule has 104 valence electrons. The number of aliphatic imine (C=N–C) groups is 1. The molecule has 2 aromatic carbocycles. The Morgan fingerprint density at radius 3 is 2.70 bits per heavy atom. The van der Waals surface area contributed by atoms with E-state index < -0.39 is 0 Å². The lowest BCUT2D eigenvalue weighted by atomic mass is 10.1. The standard InChI is InChI=1S/C16H17ClN2S/c1-11-7-8-12(2)15(9-11)19-16(18)20-10-13-5-3-4-6-14(13)17/h3-9H,10H2,1-2H3,(H2,18,19). The molecule has 0 aliphatic carbocycles. The van der Waals surface area contributed by atoms with E-state index in [9.17, 15) is 0 Å². The van der Waals surface area contributed by atoms with Crippen molar-refractivity contribution in [1.82, 2.24) is 0 Å². The number of benzene rings is 2. The molecular formula is C16H17ClN2S. The molecular weight excluding hydrogens is 288 g/mol. The lowest BCUT2D eigenvalue weighted by Gasteiger charge is -2.05. The molecule has 0 aliphatic heterocycles. The van der Waals surface area contributed by atoms with E-state index in [0.717, 1.165) is 27.6 Å². The SMILES string of the molecule is Cc1ccc(C)c(N=C(N)SCc2ccccc2Cl)c1. The molecule has 0 bridgehead atoms. The van der Waals surface area contributed by atoms with Gasteiger partial charge in [0.25, 0.3) is 0 Å². The van der Waals surface area contributed by atoms with Gasteiger partial charge in [0, 0.05) is 10.8 Å². The van der Waals surface area contributed by atoms with Crippen LogP contribution in [0.1, 0.15) is 16.7 Å². The molecule has 0 unspecified atom stereocenters. The third-order valence-corrected chi connectivity index (χ3v) is 4.14. The normalized spacial score (nSPS) is 11.7. The van der Waals surface area contributed by atoms with Gasteiger partial charge in [-0.05, 0) is 42.7 Å². The summed E-state index contributed by atoms with van der Waals surface area (Å²) in [6.45, 7) is 4.08. The summed E-state index contributed by atoms with van der Waals surface area (Å²) in [4.78, 5) is 4.48. The molecule has 0 fully saturated rings. The van der Waals surface area contributed by atoms with E-state index in [1.54, 1.807) is 0 Å². The van der Waals surface area contributed by atoms with Crippen molar-refractivity contribution in [3.8, 4) is 0 Å². The van der Waals surface area contributed by atoms with Gasteiger partial charge >= 0.3 is 0 Å². The molecule has 0 amide bonds. The molecule has 0 saturated carbocycles. The fourth-order valence-corrected chi connectivity index (χ4v) is 2.76. The molecule has 20 heavy (non-hydrogen) atoms. The Labute approximate surface area is 129 Å². The molecule has 2 rings (SSSR count). The minimum absolute atomic E-state index is 0.554. The van der Waals surface area contributed by atoms with Crippen LogP contribution in [-0.4, -0.2) is 5.17 Å². The third kappa shape index (κ3) is 4.02. The van der Waals surface area contributed by atoms with Crippen LogP contribution >= 0.6 is 23.4 Å². The summed E-state index contributed by atoms with van der Waals surface area (Å²) in [6, 6.07) is 13.9. The maximum absolute atomic E-state index is 6.12. The largest absolute Gasteiger partial charge is 0.378 e. The lowest BCUT2D eigenvalue weighted by Crippen LogP contribution is -2.06. The highest BCUT2D eigenvalue weighted by Gasteiger charge is 2.03. The quantitative estimate of drug-likeness (QED) is 0.651. The van der Waals surface area contributed by atoms with Crippen LogP contribution in [0.2, 0.25) is 5.02 Å². The number of hydrogen-bond acceptors (Lipinski definition) is 2. The highest BCUT2D eigenvalue weighted by molar-refractivity contribution is 8.13. The monoisotopic (exact) mass is 304 g/mol. The number of hydrogen-bond donors (Lipinski definition) is 1. The first kappa shape index (κ1) is 14.9. The molecule has 0 atom stereocenters. The summed E-state index contributed by atoms with van der Waals surface area (Å²) in [7, 11) is 0. The van der Waals surface area contributed by atoms with Crippen molar-refractivity contribution >= 4 is 34.2 Å². The summed E-state index contributed by atoms with van der Waals surface area (Å²) < 4.78 is 0. The molecule has 0 aromatic heterocycles. The maximum Gasteiger partial charge on any atom is 0.159 e. The Morgan fingerprint density at radius 1 is 1.20 bits per heavy atom. The van der Waals surface area contributed by atoms with E-state index in [1.807, 2.05) is 44.2 Å². The summed E-state index contributed by atoms with van der Waals surface area (Å²) in [6.07, 6.45) is 0. The second-order valence-electron chi connectivity index (χ2n) is 4.62. The molecule has 2 N–H and O–H groups in total. The summed E-state index contributed by atoms with van der Waals surface area (Å²) >= 11 is 7.62. The van der Waals surface area contributed by atoms with Crippen molar-refractivity contribution in [2.45, 2.75) is 19.6 Å². The van der Waals surface area contributed by atoms with Crippen molar-refractivity contribution in [2.75, 3.05) is 0 Å². The van der Waals surface area contributed by atoms with E-state index in [2.05, 4.69) is 17.1 Å². The van der Waals surface area contributed by atoms with Crippen molar-refractivity contribution < 1.29 is 0 Å². The molecule has 0 aliphatic rings. The van der Waals surface area contributed by atoms with Crippen LogP contribution in [0, 0.1) is 13.8 Å². The number of aryl methyl sites for hydroxylation is 2. The third-order valence-electron chi connectivity index (χ3n) is 2.93. The minimum atomic E-state index is 0.554. The number of nitrogens with two attached hydrogens (primary N) is 1. The van der Waals surface area contributed by atoms with Gasteiger partial charge in [-0.15, -0.1) is 0 Å². The highest BCUT2D eigenvalue weighted by atomic mass is 35.5. The van der Waals surface area contributed by atoms with Crippen LogP contribution in [0.3, 0.4) is 0 Å². The fourth-order valence-electron chi connectivity index (χ4n) is 1.76. The zero-order chi connectivity index (χ0) is 14.5. The molecule has 0 spiro atoms. The van der Waals surface area contributed by atoms with E-state index in [-0.39, 0.29) is 0 Å². The van der Waals surface area contributed by atoms with Gasteiger partial charge in [-0.25, -0.2) is 4.99 Å². The lowest BCUT2D eigenvalue weighted by molar-refractivity contribution is 1.35. The van der Waals surface area contributed by atoms with Crippen LogP contribution in [0.15, 0.2) is 47.5 Å². The van der Waals surface area contributed by atoms with Crippen LogP contribution < -0.4 is 5.73 Å². The number of nitrogens with zero attached hydrogens (tertiary/aromatic N) is 1. The summed E-state index contributed by atoms with van der Waals surface area (Å²) in [5.74, 6) is 0.722. The van der Waals surface area contributed by atoms with E-state index in [1.165, 1.54) is 17.3 Å². The number of rotatable bonds is 3. The predicted molar refractivity (Wildman–Crippen MR) is 89.9 cm³/mol. The van der Waals surface area contributed by atoms with Gasteiger partial charge in [0.1, 0.15) is 0 Å². The summed E-state index contributed by atoms with van der Waals surface area (Å²) in [5.41, 5.74) is 10.3. The highest BCUT2D eigenvalue weighted by Crippen LogP contribution is 2.24. The van der Waals surface area contributed by atoms with E-state index in [4.69, 9.17) is 17.3 Å². The van der Waals surface area contributed by atoms with Gasteiger partial charge in [0.15, 0.2) is 5.17 Å². The summed E-state index contributed by atoms with van der Waals surface area (Å²) in [5, 5.41) is 1.32. The number of amidine groups is 1. The van der Waals surface area contributed by atoms with Crippen molar-refractivity contribution in [1.29, 1.82) is 0 Å². The maximum atomic E-state index is 6.12. The van der Waals surface area contributed by atoms with Gasteiger partial charge < -0.3 is 5.73 Å². The van der Waals surface area contributed by atoms with Crippen molar-refractivity contribution in [2.24, 2.45) is 10.7 Å². The minimum Gasteiger partial charge on any atom is -0.378 e. The van der Waals surface area contributed by atoms with Crippen molar-refractivity contribution in [3.63, 3.8) is 0 Å². The molecule has 0 saturated heterocycles. The molecule has 2 nitrogen and oxygen atoms in total. The first-order valence-electron chi connectivity index (χ1n) is 6.34. The second-order valence-corrected chi connectivity index (χ2v) is 6.02. The zero-order valence-corrected chi connectivity index (χ0v) is 13.1.